The van der Waals surface area contributed by atoms with Crippen LogP contribution in [0, 0.1) is 0 Å². The SMILES string of the molecule is CC1CS(=O)(=O)CCN1c1cc(NN)nc(N)n1. The first-order valence-corrected chi connectivity index (χ1v) is 7.31. The van der Waals surface area contributed by atoms with Gasteiger partial charge in [-0.3, -0.25) is 0 Å². The highest BCUT2D eigenvalue weighted by atomic mass is 32.2. The monoisotopic (exact) mass is 272 g/mol. The first-order valence-electron chi connectivity index (χ1n) is 5.49. The maximum absolute atomic E-state index is 11.5. The fourth-order valence-electron chi connectivity index (χ4n) is 2.01. The van der Waals surface area contributed by atoms with Crippen LogP contribution in [0.3, 0.4) is 0 Å². The van der Waals surface area contributed by atoms with Crippen LogP contribution >= 0.6 is 0 Å². The zero-order valence-electron chi connectivity index (χ0n) is 10.00. The third kappa shape index (κ3) is 2.62. The largest absolute Gasteiger partial charge is 0.368 e. The molecule has 9 heteroatoms. The molecule has 0 bridgehead atoms. The number of nitrogen functional groups attached to an aromatic ring is 2. The van der Waals surface area contributed by atoms with Crippen molar-refractivity contribution in [3.05, 3.63) is 6.07 Å². The molecular weight excluding hydrogens is 256 g/mol. The van der Waals surface area contributed by atoms with Gasteiger partial charge in [0.15, 0.2) is 9.84 Å². The van der Waals surface area contributed by atoms with Crippen molar-refractivity contribution >= 4 is 27.4 Å². The summed E-state index contributed by atoms with van der Waals surface area (Å²) in [5.41, 5.74) is 7.98. The van der Waals surface area contributed by atoms with Gasteiger partial charge in [-0.1, -0.05) is 0 Å². The lowest BCUT2D eigenvalue weighted by Crippen LogP contribution is -2.47. The van der Waals surface area contributed by atoms with Crippen molar-refractivity contribution in [2.24, 2.45) is 5.84 Å². The second-order valence-corrected chi connectivity index (χ2v) is 6.50. The third-order valence-corrected chi connectivity index (χ3v) is 4.64. The second-order valence-electron chi connectivity index (χ2n) is 4.27. The Balaban J connectivity index is 2.29. The molecule has 1 fully saturated rings. The van der Waals surface area contributed by atoms with Crippen LogP contribution in [0.5, 0.6) is 0 Å². The van der Waals surface area contributed by atoms with Crippen molar-refractivity contribution in [3.8, 4) is 0 Å². The van der Waals surface area contributed by atoms with Crippen molar-refractivity contribution in [1.29, 1.82) is 0 Å². The molecule has 2 heterocycles. The van der Waals surface area contributed by atoms with Crippen LogP contribution in [0.1, 0.15) is 6.92 Å². The predicted octanol–water partition coefficient (Wildman–Crippen LogP) is -1.03. The van der Waals surface area contributed by atoms with E-state index in [0.29, 0.717) is 18.2 Å². The maximum atomic E-state index is 11.5. The average molecular weight is 272 g/mol. The Morgan fingerprint density at radius 1 is 1.50 bits per heavy atom. The smallest absolute Gasteiger partial charge is 0.223 e. The summed E-state index contributed by atoms with van der Waals surface area (Å²) in [6.45, 7) is 2.23. The van der Waals surface area contributed by atoms with Crippen molar-refractivity contribution < 1.29 is 8.42 Å². The van der Waals surface area contributed by atoms with Crippen LogP contribution in [0.25, 0.3) is 0 Å². The second kappa shape index (κ2) is 4.58. The standard InChI is InChI=1S/C9H16N6O2S/c1-6-5-18(16,17)3-2-15(6)8-4-7(14-11)12-9(10)13-8/h4,6H,2-3,5,11H2,1H3,(H3,10,12,13,14). The number of hydrogen-bond acceptors (Lipinski definition) is 8. The number of hydrogen-bond donors (Lipinski definition) is 3. The number of aromatic nitrogens is 2. The van der Waals surface area contributed by atoms with Gasteiger partial charge >= 0.3 is 0 Å². The van der Waals surface area contributed by atoms with E-state index in [2.05, 4.69) is 15.4 Å². The molecule has 0 saturated carbocycles. The summed E-state index contributed by atoms with van der Waals surface area (Å²) in [7, 11) is -2.96. The summed E-state index contributed by atoms with van der Waals surface area (Å²) < 4.78 is 23.0. The topological polar surface area (TPSA) is 127 Å². The summed E-state index contributed by atoms with van der Waals surface area (Å²) in [5, 5.41) is 0. The van der Waals surface area contributed by atoms with E-state index in [9.17, 15) is 8.42 Å². The summed E-state index contributed by atoms with van der Waals surface area (Å²) in [6.07, 6.45) is 0. The van der Waals surface area contributed by atoms with Crippen LogP contribution in [0.4, 0.5) is 17.6 Å². The molecule has 1 atom stereocenters. The lowest BCUT2D eigenvalue weighted by molar-refractivity contribution is 0.567. The van der Waals surface area contributed by atoms with E-state index in [1.807, 2.05) is 11.8 Å². The van der Waals surface area contributed by atoms with Gasteiger partial charge in [0.1, 0.15) is 11.6 Å². The van der Waals surface area contributed by atoms with Crippen molar-refractivity contribution in [3.63, 3.8) is 0 Å². The molecule has 0 aromatic carbocycles. The number of nitrogens with one attached hydrogen (secondary N) is 1. The molecule has 100 valence electrons. The molecule has 8 nitrogen and oxygen atoms in total. The highest BCUT2D eigenvalue weighted by Crippen LogP contribution is 2.22. The lowest BCUT2D eigenvalue weighted by Gasteiger charge is -2.34. The van der Waals surface area contributed by atoms with Crippen LogP contribution < -0.4 is 21.9 Å². The Morgan fingerprint density at radius 2 is 2.22 bits per heavy atom. The first-order chi connectivity index (χ1) is 8.41. The van der Waals surface area contributed by atoms with Crippen molar-refractivity contribution in [2.75, 3.05) is 34.1 Å². The maximum Gasteiger partial charge on any atom is 0.223 e. The molecule has 1 aromatic rings. The zero-order chi connectivity index (χ0) is 13.3. The van der Waals surface area contributed by atoms with Crippen molar-refractivity contribution in [2.45, 2.75) is 13.0 Å². The van der Waals surface area contributed by atoms with Gasteiger partial charge < -0.3 is 16.1 Å². The van der Waals surface area contributed by atoms with Gasteiger partial charge in [0.2, 0.25) is 5.95 Å². The molecule has 1 aliphatic rings. The summed E-state index contributed by atoms with van der Waals surface area (Å²) in [6, 6.07) is 1.49. The van der Waals surface area contributed by atoms with Gasteiger partial charge in [-0.15, -0.1) is 0 Å². The van der Waals surface area contributed by atoms with Gasteiger partial charge in [-0.2, -0.15) is 9.97 Å². The quantitative estimate of drug-likeness (QED) is 0.460. The molecule has 1 aliphatic heterocycles. The Bertz CT molecular complexity index is 546. The normalized spacial score (nSPS) is 22.8. The fourth-order valence-corrected chi connectivity index (χ4v) is 3.57. The van der Waals surface area contributed by atoms with Crippen LogP contribution in [-0.2, 0) is 9.84 Å². The summed E-state index contributed by atoms with van der Waals surface area (Å²) in [4.78, 5) is 9.88. The van der Waals surface area contributed by atoms with E-state index in [-0.39, 0.29) is 23.5 Å². The molecule has 1 aromatic heterocycles. The molecule has 2 rings (SSSR count). The molecule has 0 spiro atoms. The number of anilines is 3. The number of rotatable bonds is 2. The van der Waals surface area contributed by atoms with E-state index in [1.165, 1.54) is 0 Å². The zero-order valence-corrected chi connectivity index (χ0v) is 10.8. The molecule has 1 unspecified atom stereocenters. The Labute approximate surface area is 105 Å². The van der Waals surface area contributed by atoms with Crippen LogP contribution in [0.15, 0.2) is 6.07 Å². The number of hydrazine groups is 1. The van der Waals surface area contributed by atoms with E-state index in [0.717, 1.165) is 0 Å². The minimum absolute atomic E-state index is 0.0982. The van der Waals surface area contributed by atoms with Crippen LogP contribution in [0.2, 0.25) is 0 Å². The molecule has 5 N–H and O–H groups in total. The molecule has 18 heavy (non-hydrogen) atoms. The summed E-state index contributed by atoms with van der Waals surface area (Å²) in [5.74, 6) is 6.60. The van der Waals surface area contributed by atoms with Gasteiger partial charge in [-0.05, 0) is 6.92 Å². The van der Waals surface area contributed by atoms with E-state index in [1.54, 1.807) is 6.07 Å². The van der Waals surface area contributed by atoms with E-state index < -0.39 is 9.84 Å². The predicted molar refractivity (Wildman–Crippen MR) is 69.7 cm³/mol. The number of nitrogens with two attached hydrogens (primary N) is 2. The highest BCUT2D eigenvalue weighted by Gasteiger charge is 2.29. The van der Waals surface area contributed by atoms with Crippen LogP contribution in [-0.4, -0.2) is 42.5 Å². The number of nitrogens with zero attached hydrogens (tertiary/aromatic N) is 3. The van der Waals surface area contributed by atoms with E-state index >= 15 is 0 Å². The molecule has 0 amide bonds. The highest BCUT2D eigenvalue weighted by molar-refractivity contribution is 7.91. The Hall–Kier alpha value is -1.61. The fraction of sp³-hybridized carbons (Fsp3) is 0.556. The summed E-state index contributed by atoms with van der Waals surface area (Å²) >= 11 is 0. The Kier molecular flexibility index (Phi) is 3.26. The first kappa shape index (κ1) is 12.8. The molecule has 1 saturated heterocycles. The average Bonchev–Trinajstić information content (AvgIpc) is 2.26. The van der Waals surface area contributed by atoms with Gasteiger partial charge in [0.05, 0.1) is 11.5 Å². The van der Waals surface area contributed by atoms with E-state index in [4.69, 9.17) is 11.6 Å². The third-order valence-electron chi connectivity index (χ3n) is 2.84. The van der Waals surface area contributed by atoms with Gasteiger partial charge in [0.25, 0.3) is 0 Å². The number of sulfone groups is 1. The van der Waals surface area contributed by atoms with Gasteiger partial charge in [0, 0.05) is 18.7 Å². The lowest BCUT2D eigenvalue weighted by atomic mass is 10.3. The van der Waals surface area contributed by atoms with Crippen molar-refractivity contribution in [1.82, 2.24) is 9.97 Å². The minimum atomic E-state index is -2.96. The molecular formula is C9H16N6O2S. The minimum Gasteiger partial charge on any atom is -0.368 e. The molecule has 0 aliphatic carbocycles. The van der Waals surface area contributed by atoms with Gasteiger partial charge in [-0.25, -0.2) is 14.3 Å². The molecule has 0 radical (unpaired) electrons. The Morgan fingerprint density at radius 3 is 2.83 bits per heavy atom.